The fourth-order valence-electron chi connectivity index (χ4n) is 6.07. The van der Waals surface area contributed by atoms with Crippen molar-refractivity contribution in [3.8, 4) is 11.5 Å². The number of rotatable bonds is 2. The number of benzene rings is 1. The number of hydrogen-bond acceptors (Lipinski definition) is 4. The molecule has 2 fully saturated rings. The van der Waals surface area contributed by atoms with E-state index in [2.05, 4.69) is 24.0 Å². The summed E-state index contributed by atoms with van der Waals surface area (Å²) in [7, 11) is 0. The molecule has 5 nitrogen and oxygen atoms in total. The second-order valence-electron chi connectivity index (χ2n) is 9.33. The van der Waals surface area contributed by atoms with Crippen molar-refractivity contribution in [3.05, 3.63) is 23.3 Å². The largest absolute Gasteiger partial charge is 0.486 e. The van der Waals surface area contributed by atoms with Gasteiger partial charge in [-0.15, -0.1) is 12.4 Å². The van der Waals surface area contributed by atoms with Crippen LogP contribution >= 0.6 is 12.4 Å². The van der Waals surface area contributed by atoms with E-state index in [4.69, 9.17) is 15.2 Å². The first-order valence-corrected chi connectivity index (χ1v) is 11.1. The van der Waals surface area contributed by atoms with E-state index in [1.165, 1.54) is 24.0 Å². The molecule has 2 heterocycles. The van der Waals surface area contributed by atoms with Gasteiger partial charge in [0.2, 0.25) is 5.91 Å². The average Bonchev–Trinajstić information content (AvgIpc) is 3.33. The minimum atomic E-state index is 0. The number of ether oxygens (including phenoxy) is 2. The second kappa shape index (κ2) is 7.99. The second-order valence-corrected chi connectivity index (χ2v) is 9.33. The van der Waals surface area contributed by atoms with Crippen molar-refractivity contribution in [2.75, 3.05) is 19.8 Å². The molecule has 0 bridgehead atoms. The van der Waals surface area contributed by atoms with Crippen LogP contribution in [0.3, 0.4) is 0 Å². The van der Waals surface area contributed by atoms with Crippen molar-refractivity contribution in [1.29, 1.82) is 0 Å². The van der Waals surface area contributed by atoms with Gasteiger partial charge in [-0.25, -0.2) is 0 Å². The molecule has 2 saturated carbocycles. The summed E-state index contributed by atoms with van der Waals surface area (Å²) in [6, 6.07) is 4.63. The summed E-state index contributed by atoms with van der Waals surface area (Å²) < 4.78 is 11.7. The highest BCUT2D eigenvalue weighted by Gasteiger charge is 2.46. The van der Waals surface area contributed by atoms with Gasteiger partial charge in [-0.3, -0.25) is 4.79 Å². The summed E-state index contributed by atoms with van der Waals surface area (Å²) in [5.41, 5.74) is 8.98. The molecule has 2 aliphatic carbocycles. The number of fused-ring (bicyclic) bond motifs is 3. The average molecular weight is 421 g/mol. The van der Waals surface area contributed by atoms with Crippen LogP contribution in [-0.4, -0.2) is 36.6 Å². The summed E-state index contributed by atoms with van der Waals surface area (Å²) >= 11 is 0. The summed E-state index contributed by atoms with van der Waals surface area (Å²) in [5.74, 6) is 2.33. The molecule has 29 heavy (non-hydrogen) atoms. The zero-order chi connectivity index (χ0) is 19.3. The Morgan fingerprint density at radius 1 is 1.14 bits per heavy atom. The molecule has 5 rings (SSSR count). The molecule has 4 aliphatic rings. The van der Waals surface area contributed by atoms with Crippen molar-refractivity contribution < 1.29 is 14.3 Å². The van der Waals surface area contributed by atoms with Gasteiger partial charge in [-0.05, 0) is 61.8 Å². The zero-order valence-corrected chi connectivity index (χ0v) is 18.1. The molecule has 2 N–H and O–H groups in total. The third kappa shape index (κ3) is 3.50. The van der Waals surface area contributed by atoms with E-state index < -0.39 is 0 Å². The van der Waals surface area contributed by atoms with Crippen molar-refractivity contribution in [2.24, 2.45) is 11.7 Å². The van der Waals surface area contributed by atoms with Crippen LogP contribution in [0.4, 0.5) is 0 Å². The molecular weight excluding hydrogens is 388 g/mol. The number of amides is 1. The first-order chi connectivity index (χ1) is 13.6. The van der Waals surface area contributed by atoms with E-state index in [9.17, 15) is 4.79 Å². The van der Waals surface area contributed by atoms with Gasteiger partial charge < -0.3 is 20.1 Å². The Kier molecular flexibility index (Phi) is 5.73. The smallest absolute Gasteiger partial charge is 0.223 e. The molecule has 2 aliphatic heterocycles. The lowest BCUT2D eigenvalue weighted by Crippen LogP contribution is -2.49. The van der Waals surface area contributed by atoms with Crippen LogP contribution in [0, 0.1) is 5.92 Å². The maximum atomic E-state index is 13.4. The molecule has 0 saturated heterocycles. The Morgan fingerprint density at radius 2 is 1.83 bits per heavy atom. The molecule has 1 unspecified atom stereocenters. The number of carbonyl (C=O) groups is 1. The van der Waals surface area contributed by atoms with Crippen LogP contribution in [-0.2, 0) is 10.2 Å². The monoisotopic (exact) mass is 420 g/mol. The lowest BCUT2D eigenvalue weighted by atomic mass is 9.71. The molecule has 0 aromatic heterocycles. The summed E-state index contributed by atoms with van der Waals surface area (Å²) in [4.78, 5) is 15.5. The van der Waals surface area contributed by atoms with E-state index in [0.29, 0.717) is 25.6 Å². The number of halogens is 1. The highest BCUT2D eigenvalue weighted by atomic mass is 35.5. The lowest BCUT2D eigenvalue weighted by molar-refractivity contribution is -0.136. The molecule has 3 atom stereocenters. The maximum Gasteiger partial charge on any atom is 0.223 e. The van der Waals surface area contributed by atoms with Gasteiger partial charge in [0.05, 0.1) is 6.04 Å². The molecule has 1 spiro atoms. The minimum Gasteiger partial charge on any atom is -0.486 e. The topological polar surface area (TPSA) is 64.8 Å². The van der Waals surface area contributed by atoms with Gasteiger partial charge in [0.1, 0.15) is 13.2 Å². The number of nitrogens with zero attached hydrogens (tertiary/aromatic N) is 1. The number of nitrogens with two attached hydrogens (primary N) is 1. The molecule has 1 aromatic rings. The zero-order valence-electron chi connectivity index (χ0n) is 17.3. The van der Waals surface area contributed by atoms with Gasteiger partial charge >= 0.3 is 0 Å². The van der Waals surface area contributed by atoms with Crippen molar-refractivity contribution in [2.45, 2.75) is 75.8 Å². The van der Waals surface area contributed by atoms with Crippen LogP contribution in [0.15, 0.2) is 12.1 Å². The Morgan fingerprint density at radius 3 is 2.48 bits per heavy atom. The highest BCUT2D eigenvalue weighted by Crippen LogP contribution is 2.52. The minimum absolute atomic E-state index is 0. The van der Waals surface area contributed by atoms with Gasteiger partial charge in [0.15, 0.2) is 11.5 Å². The van der Waals surface area contributed by atoms with Gasteiger partial charge in [-0.2, -0.15) is 0 Å². The predicted molar refractivity (Wildman–Crippen MR) is 115 cm³/mol. The van der Waals surface area contributed by atoms with Crippen LogP contribution < -0.4 is 15.2 Å². The third-order valence-electron chi connectivity index (χ3n) is 7.71. The van der Waals surface area contributed by atoms with Crippen LogP contribution in [0.25, 0.3) is 0 Å². The lowest BCUT2D eigenvalue weighted by Gasteiger charge is -2.46. The SMILES string of the molecule is CC1c2cc3c(cc2C2(CCCC2)CN1C(=O)C[C@@H]1CCC[C@H]1N)OCCO3.Cl. The van der Waals surface area contributed by atoms with E-state index in [-0.39, 0.29) is 35.8 Å². The summed E-state index contributed by atoms with van der Waals surface area (Å²) in [6.07, 6.45) is 8.68. The van der Waals surface area contributed by atoms with Crippen molar-refractivity contribution in [3.63, 3.8) is 0 Å². The predicted octanol–water partition coefficient (Wildman–Crippen LogP) is 4.11. The molecule has 6 heteroatoms. The molecule has 1 aromatic carbocycles. The molecule has 0 radical (unpaired) electrons. The normalized spacial score (nSPS) is 29.4. The van der Waals surface area contributed by atoms with E-state index >= 15 is 0 Å². The number of hydrogen-bond donors (Lipinski definition) is 1. The Labute approximate surface area is 179 Å². The van der Waals surface area contributed by atoms with Gasteiger partial charge in [-0.1, -0.05) is 19.3 Å². The first kappa shape index (κ1) is 20.8. The Hall–Kier alpha value is -1.46. The van der Waals surface area contributed by atoms with Crippen molar-refractivity contribution in [1.82, 2.24) is 4.90 Å². The van der Waals surface area contributed by atoms with Gasteiger partial charge in [0.25, 0.3) is 0 Å². The Bertz CT molecular complexity index is 778. The third-order valence-corrected chi connectivity index (χ3v) is 7.71. The van der Waals surface area contributed by atoms with Crippen LogP contribution in [0.1, 0.15) is 75.5 Å². The Balaban J connectivity index is 0.00000205. The highest BCUT2D eigenvalue weighted by molar-refractivity contribution is 5.85. The summed E-state index contributed by atoms with van der Waals surface area (Å²) in [6.45, 7) is 4.21. The fourth-order valence-corrected chi connectivity index (χ4v) is 6.07. The van der Waals surface area contributed by atoms with Crippen LogP contribution in [0.5, 0.6) is 11.5 Å². The van der Waals surface area contributed by atoms with Gasteiger partial charge in [0, 0.05) is 24.4 Å². The summed E-state index contributed by atoms with van der Waals surface area (Å²) in [5, 5.41) is 0. The fraction of sp³-hybridized carbons (Fsp3) is 0.696. The molecule has 160 valence electrons. The maximum absolute atomic E-state index is 13.4. The quantitative estimate of drug-likeness (QED) is 0.781. The van der Waals surface area contributed by atoms with E-state index in [0.717, 1.165) is 50.1 Å². The van der Waals surface area contributed by atoms with Crippen LogP contribution in [0.2, 0.25) is 0 Å². The first-order valence-electron chi connectivity index (χ1n) is 11.1. The van der Waals surface area contributed by atoms with E-state index in [1.807, 2.05) is 0 Å². The van der Waals surface area contributed by atoms with Crippen molar-refractivity contribution >= 4 is 18.3 Å². The molecular formula is C23H33ClN2O3. The standard InChI is InChI=1S/C23H32N2O3.ClH/c1-15-17-12-20-21(28-10-9-27-20)13-18(17)23(7-2-3-8-23)14-25(15)22(26)11-16-5-4-6-19(16)24;/h12-13,15-16,19H,2-11,14,24H2,1H3;1H/t15?,16-,19+;/m0./s1. The van der Waals surface area contributed by atoms with E-state index in [1.54, 1.807) is 0 Å². The number of carbonyl (C=O) groups excluding carboxylic acids is 1. The molecule has 1 amide bonds.